The second-order valence-corrected chi connectivity index (χ2v) is 12.5. The molecule has 0 heterocycles. The van der Waals surface area contributed by atoms with E-state index in [0.717, 1.165) is 12.8 Å². The van der Waals surface area contributed by atoms with Crippen LogP contribution in [0.3, 0.4) is 0 Å². The normalized spacial score (nSPS) is 11.5. The maximum absolute atomic E-state index is 8.78. The summed E-state index contributed by atoms with van der Waals surface area (Å²) in [6.45, 7) is 3.19. The number of nitrogens with one attached hydrogen (secondary N) is 1. The van der Waals surface area contributed by atoms with Crippen LogP contribution in [-0.4, -0.2) is 36.5 Å². The van der Waals surface area contributed by atoms with Crippen LogP contribution in [0.25, 0.3) is 0 Å². The number of rotatable bonds is 36. The summed E-state index contributed by atoms with van der Waals surface area (Å²) in [6, 6.07) is 0. The summed E-state index contributed by atoms with van der Waals surface area (Å²) in [6.07, 6.45) is 44.1. The van der Waals surface area contributed by atoms with E-state index >= 15 is 0 Å². The molecule has 0 aromatic rings. The van der Waals surface area contributed by atoms with Gasteiger partial charge in [-0.05, 0) is 38.8 Å². The summed E-state index contributed by atoms with van der Waals surface area (Å²) < 4.78 is 0. The van der Waals surface area contributed by atoms with E-state index in [1.165, 1.54) is 206 Å². The molecule has 0 rings (SSSR count). The molecule has 3 N–H and O–H groups in total. The van der Waals surface area contributed by atoms with Crippen LogP contribution in [0.2, 0.25) is 0 Å². The van der Waals surface area contributed by atoms with Gasteiger partial charge in [0.1, 0.15) is 0 Å². The second kappa shape index (κ2) is 37.9. The van der Waals surface area contributed by atoms with Crippen LogP contribution in [-0.2, 0) is 0 Å². The van der Waals surface area contributed by atoms with Crippen LogP contribution < -0.4 is 5.32 Å². The van der Waals surface area contributed by atoms with Gasteiger partial charge in [-0.25, -0.2) is 0 Å². The van der Waals surface area contributed by atoms with Crippen molar-refractivity contribution in [1.82, 2.24) is 5.32 Å². The highest BCUT2D eigenvalue weighted by molar-refractivity contribution is 4.54. The van der Waals surface area contributed by atoms with E-state index in [4.69, 9.17) is 10.2 Å². The number of aliphatic hydroxyl groups excluding tert-OH is 2. The molecule has 0 radical (unpaired) electrons. The molecule has 0 aromatic heterocycles. The molecule has 0 spiro atoms. The minimum Gasteiger partial charge on any atom is -0.396 e. The lowest BCUT2D eigenvalue weighted by Gasteiger charge is -2.06. The van der Waals surface area contributed by atoms with Crippen LogP contribution in [0, 0.1) is 0 Å². The van der Waals surface area contributed by atoms with E-state index < -0.39 is 0 Å². The Balaban J connectivity index is 3.01. The highest BCUT2D eigenvalue weighted by Crippen LogP contribution is 2.15. The van der Waals surface area contributed by atoms with Crippen LogP contribution in [0.5, 0.6) is 0 Å². The highest BCUT2D eigenvalue weighted by atomic mass is 16.3. The Morgan fingerprint density at radius 3 is 0.538 bits per heavy atom. The maximum Gasteiger partial charge on any atom is 0.0431 e. The zero-order valence-electron chi connectivity index (χ0n) is 26.9. The Labute approximate surface area is 247 Å². The molecule has 0 aliphatic heterocycles. The van der Waals surface area contributed by atoms with Crippen molar-refractivity contribution in [3.8, 4) is 0 Å². The Morgan fingerprint density at radius 2 is 0.359 bits per heavy atom. The quantitative estimate of drug-likeness (QED) is 0.0676. The number of hydrogen-bond acceptors (Lipinski definition) is 3. The first-order valence-electron chi connectivity index (χ1n) is 18.3. The lowest BCUT2D eigenvalue weighted by molar-refractivity contribution is 0.282. The third kappa shape index (κ3) is 37.9. The van der Waals surface area contributed by atoms with Crippen molar-refractivity contribution in [2.45, 2.75) is 205 Å². The topological polar surface area (TPSA) is 52.5 Å². The fourth-order valence-electron chi connectivity index (χ4n) is 5.80. The van der Waals surface area contributed by atoms with Crippen molar-refractivity contribution in [3.05, 3.63) is 0 Å². The maximum atomic E-state index is 8.78. The molecule has 0 atom stereocenters. The van der Waals surface area contributed by atoms with E-state index in [2.05, 4.69) is 5.32 Å². The smallest absolute Gasteiger partial charge is 0.0431 e. The fourth-order valence-corrected chi connectivity index (χ4v) is 5.80. The molecule has 236 valence electrons. The lowest BCUT2D eigenvalue weighted by atomic mass is 10.0. The predicted molar refractivity (Wildman–Crippen MR) is 175 cm³/mol. The van der Waals surface area contributed by atoms with Crippen molar-refractivity contribution in [1.29, 1.82) is 0 Å². The van der Waals surface area contributed by atoms with Gasteiger partial charge in [-0.3, -0.25) is 0 Å². The van der Waals surface area contributed by atoms with Gasteiger partial charge in [-0.1, -0.05) is 180 Å². The average Bonchev–Trinajstić information content (AvgIpc) is 2.95. The van der Waals surface area contributed by atoms with Crippen molar-refractivity contribution in [3.63, 3.8) is 0 Å². The van der Waals surface area contributed by atoms with E-state index in [9.17, 15) is 0 Å². The fraction of sp³-hybridized carbons (Fsp3) is 1.00. The van der Waals surface area contributed by atoms with Crippen molar-refractivity contribution >= 4 is 0 Å². The zero-order valence-corrected chi connectivity index (χ0v) is 26.9. The summed E-state index contributed by atoms with van der Waals surface area (Å²) in [5.74, 6) is 0. The molecule has 0 aliphatic carbocycles. The molecular weight excluding hydrogens is 478 g/mol. The molecule has 0 unspecified atom stereocenters. The molecule has 0 saturated carbocycles. The van der Waals surface area contributed by atoms with Gasteiger partial charge in [0.15, 0.2) is 0 Å². The first-order chi connectivity index (χ1) is 19.4. The second-order valence-electron chi connectivity index (χ2n) is 12.5. The summed E-state index contributed by atoms with van der Waals surface area (Å²) >= 11 is 0. The van der Waals surface area contributed by atoms with Crippen LogP contribution in [0.4, 0.5) is 0 Å². The Morgan fingerprint density at radius 1 is 0.205 bits per heavy atom. The minimum absolute atomic E-state index is 0.368. The molecule has 3 heteroatoms. The first-order valence-corrected chi connectivity index (χ1v) is 18.3. The first kappa shape index (κ1) is 38.9. The monoisotopic (exact) mass is 554 g/mol. The lowest BCUT2D eigenvalue weighted by Crippen LogP contribution is -2.16. The molecule has 0 amide bonds. The molecule has 39 heavy (non-hydrogen) atoms. The van der Waals surface area contributed by atoms with Gasteiger partial charge in [-0.15, -0.1) is 0 Å². The third-order valence-corrected chi connectivity index (χ3v) is 8.52. The molecule has 0 aliphatic rings. The molecule has 0 fully saturated rings. The van der Waals surface area contributed by atoms with Crippen LogP contribution >= 0.6 is 0 Å². The SMILES string of the molecule is OCCCCCCCCCCCCCCCCCCCCNCCCCCCCCCCCCCCCCO. The van der Waals surface area contributed by atoms with E-state index in [-0.39, 0.29) is 0 Å². The predicted octanol–water partition coefficient (Wildman–Crippen LogP) is 11.0. The Hall–Kier alpha value is -0.120. The number of hydrogen-bond donors (Lipinski definition) is 3. The number of unbranched alkanes of at least 4 members (excludes halogenated alkanes) is 30. The summed E-state index contributed by atoms with van der Waals surface area (Å²) in [7, 11) is 0. The van der Waals surface area contributed by atoms with Crippen molar-refractivity contribution < 1.29 is 10.2 Å². The van der Waals surface area contributed by atoms with Gasteiger partial charge in [0.2, 0.25) is 0 Å². The van der Waals surface area contributed by atoms with Gasteiger partial charge in [0.05, 0.1) is 0 Å². The molecule has 3 nitrogen and oxygen atoms in total. The summed E-state index contributed by atoms with van der Waals surface area (Å²) in [5.41, 5.74) is 0. The van der Waals surface area contributed by atoms with E-state index in [1.807, 2.05) is 0 Å². The van der Waals surface area contributed by atoms with E-state index in [1.54, 1.807) is 0 Å². The van der Waals surface area contributed by atoms with Crippen molar-refractivity contribution in [2.75, 3.05) is 26.3 Å². The Bertz CT molecular complexity index is 368. The van der Waals surface area contributed by atoms with Gasteiger partial charge in [0, 0.05) is 13.2 Å². The minimum atomic E-state index is 0.368. The average molecular weight is 554 g/mol. The third-order valence-electron chi connectivity index (χ3n) is 8.52. The largest absolute Gasteiger partial charge is 0.396 e. The molecule has 0 aromatic carbocycles. The molecule has 0 bridgehead atoms. The standard InChI is InChI=1S/C36H75NO2/c38-35-31-27-23-19-15-11-7-4-2-1-3-5-9-13-17-21-25-29-33-37-34-30-26-22-18-14-10-6-8-12-16-20-24-28-32-36-39/h37-39H,1-36H2. The summed E-state index contributed by atoms with van der Waals surface area (Å²) in [4.78, 5) is 0. The molecular formula is C36H75NO2. The highest BCUT2D eigenvalue weighted by Gasteiger charge is 1.97. The van der Waals surface area contributed by atoms with Gasteiger partial charge >= 0.3 is 0 Å². The van der Waals surface area contributed by atoms with E-state index in [0.29, 0.717) is 13.2 Å². The van der Waals surface area contributed by atoms with Crippen LogP contribution in [0.1, 0.15) is 205 Å². The molecule has 0 saturated heterocycles. The van der Waals surface area contributed by atoms with Gasteiger partial charge in [0.25, 0.3) is 0 Å². The zero-order chi connectivity index (χ0) is 28.2. The summed E-state index contributed by atoms with van der Waals surface area (Å²) in [5, 5.41) is 21.2. The number of aliphatic hydroxyl groups is 2. The van der Waals surface area contributed by atoms with Crippen LogP contribution in [0.15, 0.2) is 0 Å². The van der Waals surface area contributed by atoms with Crippen molar-refractivity contribution in [2.24, 2.45) is 0 Å². The van der Waals surface area contributed by atoms with Gasteiger partial charge < -0.3 is 15.5 Å². The Kier molecular flexibility index (Phi) is 37.8. The van der Waals surface area contributed by atoms with Gasteiger partial charge in [-0.2, -0.15) is 0 Å².